The van der Waals surface area contributed by atoms with Crippen molar-refractivity contribution in [2.24, 2.45) is 5.92 Å². The van der Waals surface area contributed by atoms with Crippen molar-refractivity contribution in [2.75, 3.05) is 25.2 Å². The lowest BCUT2D eigenvalue weighted by Gasteiger charge is -2.31. The van der Waals surface area contributed by atoms with E-state index in [0.29, 0.717) is 66.6 Å². The largest absolute Gasteiger partial charge is 0.454 e. The predicted molar refractivity (Wildman–Crippen MR) is 121 cm³/mol. The van der Waals surface area contributed by atoms with Gasteiger partial charge in [0.15, 0.2) is 17.3 Å². The lowest BCUT2D eigenvalue weighted by molar-refractivity contribution is -0.121. The average molecular weight is 464 g/mol. The molecule has 34 heavy (non-hydrogen) atoms. The molecule has 4 heterocycles. The summed E-state index contributed by atoms with van der Waals surface area (Å²) in [5.74, 6) is 1.33. The van der Waals surface area contributed by atoms with Crippen LogP contribution in [-0.2, 0) is 11.2 Å². The van der Waals surface area contributed by atoms with Gasteiger partial charge in [0.05, 0.1) is 17.5 Å². The number of likely N-dealkylation sites (tertiary alicyclic amines) is 1. The topological polar surface area (TPSA) is 131 Å². The molecule has 0 atom stereocenters. The van der Waals surface area contributed by atoms with Gasteiger partial charge in [-0.1, -0.05) is 6.92 Å². The molecule has 2 aromatic heterocycles. The molecular weight excluding hydrogens is 440 g/mol. The fraction of sp³-hybridized carbons (Fsp3) is 0.348. The molecule has 2 aliphatic heterocycles. The highest BCUT2D eigenvalue weighted by atomic mass is 16.7. The lowest BCUT2D eigenvalue weighted by atomic mass is 9.95. The van der Waals surface area contributed by atoms with E-state index in [1.54, 1.807) is 33.8 Å². The number of ether oxygens (including phenoxy) is 2. The van der Waals surface area contributed by atoms with E-state index in [9.17, 15) is 14.4 Å². The van der Waals surface area contributed by atoms with E-state index in [4.69, 9.17) is 9.47 Å². The Bertz CT molecular complexity index is 1270. The van der Waals surface area contributed by atoms with Crippen LogP contribution in [0.25, 0.3) is 5.82 Å². The third-order valence-corrected chi connectivity index (χ3v) is 6.11. The second kappa shape index (κ2) is 9.00. The number of nitrogens with one attached hydrogen (secondary N) is 2. The summed E-state index contributed by atoms with van der Waals surface area (Å²) in [7, 11) is 0. The van der Waals surface area contributed by atoms with E-state index >= 15 is 0 Å². The van der Waals surface area contributed by atoms with Crippen LogP contribution in [0.1, 0.15) is 35.8 Å². The van der Waals surface area contributed by atoms with Crippen LogP contribution in [0.3, 0.4) is 0 Å². The summed E-state index contributed by atoms with van der Waals surface area (Å²) >= 11 is 0. The van der Waals surface area contributed by atoms with Crippen LogP contribution in [0.5, 0.6) is 11.5 Å². The SMILES string of the molecule is CCc1c(C(=O)N2CCC(C(=O)Nc3ccc4c(c3)OCO4)CC2)cnn1-c1ccc(=O)[nH]n1. The van der Waals surface area contributed by atoms with Crippen LogP contribution >= 0.6 is 0 Å². The van der Waals surface area contributed by atoms with Crippen LogP contribution in [-0.4, -0.2) is 56.6 Å². The number of aromatic nitrogens is 4. The first-order chi connectivity index (χ1) is 16.5. The van der Waals surface area contributed by atoms with Crippen LogP contribution in [0.4, 0.5) is 5.69 Å². The molecule has 1 saturated heterocycles. The molecule has 11 nitrogen and oxygen atoms in total. The summed E-state index contributed by atoms with van der Waals surface area (Å²) in [6.45, 7) is 3.06. The Hall–Kier alpha value is -4.15. The second-order valence-electron chi connectivity index (χ2n) is 8.17. The Morgan fingerprint density at radius 3 is 2.68 bits per heavy atom. The number of carbonyl (C=O) groups excluding carboxylic acids is 2. The van der Waals surface area contributed by atoms with Gasteiger partial charge in [0.2, 0.25) is 12.7 Å². The highest BCUT2D eigenvalue weighted by Gasteiger charge is 2.30. The van der Waals surface area contributed by atoms with Crippen molar-refractivity contribution in [3.8, 4) is 17.3 Å². The smallest absolute Gasteiger partial charge is 0.264 e. The number of piperidine rings is 1. The maximum absolute atomic E-state index is 13.2. The monoisotopic (exact) mass is 464 g/mol. The molecule has 0 bridgehead atoms. The summed E-state index contributed by atoms with van der Waals surface area (Å²) in [5, 5.41) is 13.6. The maximum Gasteiger partial charge on any atom is 0.264 e. The van der Waals surface area contributed by atoms with E-state index in [1.807, 2.05) is 6.92 Å². The zero-order chi connectivity index (χ0) is 23.7. The number of fused-ring (bicyclic) bond motifs is 1. The third-order valence-electron chi connectivity index (χ3n) is 6.11. The van der Waals surface area contributed by atoms with Crippen molar-refractivity contribution >= 4 is 17.5 Å². The normalized spacial score (nSPS) is 15.4. The number of rotatable bonds is 5. The molecule has 2 amide bonds. The van der Waals surface area contributed by atoms with Gasteiger partial charge in [-0.3, -0.25) is 14.4 Å². The quantitative estimate of drug-likeness (QED) is 0.588. The highest BCUT2D eigenvalue weighted by molar-refractivity contribution is 5.96. The molecule has 0 saturated carbocycles. The first-order valence-electron chi connectivity index (χ1n) is 11.2. The van der Waals surface area contributed by atoms with Gasteiger partial charge in [-0.25, -0.2) is 9.78 Å². The lowest BCUT2D eigenvalue weighted by Crippen LogP contribution is -2.41. The molecule has 0 radical (unpaired) electrons. The van der Waals surface area contributed by atoms with E-state index in [0.717, 1.165) is 0 Å². The van der Waals surface area contributed by atoms with Crippen molar-refractivity contribution in [3.63, 3.8) is 0 Å². The Morgan fingerprint density at radius 1 is 1.15 bits per heavy atom. The number of aromatic amines is 1. The Morgan fingerprint density at radius 2 is 1.94 bits per heavy atom. The zero-order valence-electron chi connectivity index (χ0n) is 18.6. The molecule has 0 spiro atoms. The Labute approximate surface area is 194 Å². The summed E-state index contributed by atoms with van der Waals surface area (Å²) in [6, 6.07) is 8.23. The Kier molecular flexibility index (Phi) is 5.74. The molecular formula is C23H24N6O5. The second-order valence-corrected chi connectivity index (χ2v) is 8.17. The minimum atomic E-state index is -0.310. The van der Waals surface area contributed by atoms with E-state index in [1.165, 1.54) is 12.3 Å². The van der Waals surface area contributed by atoms with Gasteiger partial charge in [0.25, 0.3) is 11.5 Å². The molecule has 1 aromatic carbocycles. The molecule has 0 aliphatic carbocycles. The van der Waals surface area contributed by atoms with Gasteiger partial charge in [0, 0.05) is 36.8 Å². The standard InChI is InChI=1S/C23H24N6O5/c1-2-17-16(12-24-29(17)20-5-6-21(30)27-26-20)23(32)28-9-7-14(8-10-28)22(31)25-15-3-4-18-19(11-15)34-13-33-18/h3-6,11-12,14H,2,7-10,13H2,1H3,(H,25,31)(H,27,30). The van der Waals surface area contributed by atoms with Crippen molar-refractivity contribution < 1.29 is 19.1 Å². The number of carbonyl (C=O) groups is 2. The Balaban J connectivity index is 1.22. The van der Waals surface area contributed by atoms with Gasteiger partial charge < -0.3 is 19.7 Å². The number of nitrogens with zero attached hydrogens (tertiary/aromatic N) is 4. The van der Waals surface area contributed by atoms with Gasteiger partial charge in [-0.15, -0.1) is 0 Å². The zero-order valence-corrected chi connectivity index (χ0v) is 18.6. The summed E-state index contributed by atoms with van der Waals surface area (Å²) in [6.07, 6.45) is 3.24. The van der Waals surface area contributed by atoms with Gasteiger partial charge in [-0.05, 0) is 37.5 Å². The van der Waals surface area contributed by atoms with Gasteiger partial charge in [0.1, 0.15) is 0 Å². The highest BCUT2D eigenvalue weighted by Crippen LogP contribution is 2.34. The number of hydrogen-bond donors (Lipinski definition) is 2. The van der Waals surface area contributed by atoms with Crippen molar-refractivity contribution in [2.45, 2.75) is 26.2 Å². The van der Waals surface area contributed by atoms with Crippen molar-refractivity contribution in [3.05, 3.63) is 58.1 Å². The molecule has 176 valence electrons. The van der Waals surface area contributed by atoms with Crippen molar-refractivity contribution in [1.29, 1.82) is 0 Å². The van der Waals surface area contributed by atoms with Gasteiger partial charge >= 0.3 is 0 Å². The van der Waals surface area contributed by atoms with Crippen LogP contribution < -0.4 is 20.3 Å². The van der Waals surface area contributed by atoms with Crippen LogP contribution in [0, 0.1) is 5.92 Å². The molecule has 0 unspecified atom stereocenters. The molecule has 11 heteroatoms. The summed E-state index contributed by atoms with van der Waals surface area (Å²) < 4.78 is 12.2. The number of hydrogen-bond acceptors (Lipinski definition) is 7. The minimum absolute atomic E-state index is 0.0721. The fourth-order valence-electron chi connectivity index (χ4n) is 4.28. The van der Waals surface area contributed by atoms with Gasteiger partial charge in [-0.2, -0.15) is 10.2 Å². The van der Waals surface area contributed by atoms with E-state index < -0.39 is 0 Å². The molecule has 2 aliphatic rings. The predicted octanol–water partition coefficient (Wildman–Crippen LogP) is 1.74. The number of anilines is 1. The molecule has 2 N–H and O–H groups in total. The molecule has 1 fully saturated rings. The van der Waals surface area contributed by atoms with E-state index in [-0.39, 0.29) is 30.1 Å². The van der Waals surface area contributed by atoms with Crippen molar-refractivity contribution in [1.82, 2.24) is 24.9 Å². The maximum atomic E-state index is 13.2. The van der Waals surface area contributed by atoms with Crippen LogP contribution in [0.2, 0.25) is 0 Å². The average Bonchev–Trinajstić information content (AvgIpc) is 3.50. The van der Waals surface area contributed by atoms with E-state index in [2.05, 4.69) is 20.6 Å². The summed E-state index contributed by atoms with van der Waals surface area (Å²) in [5.41, 5.74) is 1.56. The first-order valence-corrected chi connectivity index (χ1v) is 11.2. The molecule has 5 rings (SSSR count). The third kappa shape index (κ3) is 4.12. The fourth-order valence-corrected chi connectivity index (χ4v) is 4.28. The number of amides is 2. The summed E-state index contributed by atoms with van der Waals surface area (Å²) in [4.78, 5) is 39.0. The number of benzene rings is 1. The first kappa shape index (κ1) is 21.7. The molecule has 3 aromatic rings. The van der Waals surface area contributed by atoms with Crippen LogP contribution in [0.15, 0.2) is 41.3 Å². The number of H-pyrrole nitrogens is 1. The minimum Gasteiger partial charge on any atom is -0.454 e.